The number of unbranched alkanes of at least 4 members (excludes halogenated alkanes) is 18. The molecule has 6 atom stereocenters. The number of phosphoric ester groups is 1. The third-order valence-corrected chi connectivity index (χ3v) is 13.0. The summed E-state index contributed by atoms with van der Waals surface area (Å²) in [6.45, 7) is 2.43. The number of hydrogen-bond acceptors (Lipinski definition) is 11. The van der Waals surface area contributed by atoms with Crippen LogP contribution in [0.4, 0.5) is 9.18 Å². The Balaban J connectivity index is 1.78. The van der Waals surface area contributed by atoms with Crippen molar-refractivity contribution < 1.29 is 56.2 Å². The number of nitrogens with one attached hydrogen (secondary N) is 1. The Hall–Kier alpha value is -2.35. The molecule has 0 saturated carbocycles. The average Bonchev–Trinajstić information content (AvgIpc) is 3.29. The third kappa shape index (κ3) is 25.3. The first-order valence-corrected chi connectivity index (χ1v) is 26.9. The fourth-order valence-corrected chi connectivity index (χ4v) is 9.34. The number of alkyl halides is 4. The lowest BCUT2D eigenvalue weighted by Gasteiger charge is -2.44. The molecule has 0 spiro atoms. The lowest BCUT2D eigenvalue weighted by molar-refractivity contribution is -0.254. The van der Waals surface area contributed by atoms with Crippen molar-refractivity contribution in [3.63, 3.8) is 0 Å². The predicted octanol–water partition coefficient (Wildman–Crippen LogP) is 14.1. The van der Waals surface area contributed by atoms with Gasteiger partial charge in [0.1, 0.15) is 55.2 Å². The molecule has 12 nitrogen and oxygen atoms in total. The van der Waals surface area contributed by atoms with Crippen molar-refractivity contribution in [2.75, 3.05) is 19.9 Å². The molecular weight excluding hydrogens is 935 g/mol. The summed E-state index contributed by atoms with van der Waals surface area (Å²) in [5.41, 5.74) is 0. The van der Waals surface area contributed by atoms with Crippen molar-refractivity contribution >= 4 is 54.7 Å². The van der Waals surface area contributed by atoms with Gasteiger partial charge in [-0.2, -0.15) is 0 Å². The van der Waals surface area contributed by atoms with Crippen LogP contribution in [0.3, 0.4) is 0 Å². The Morgan fingerprint density at radius 1 is 0.727 bits per heavy atom. The molecule has 66 heavy (non-hydrogen) atoms. The molecule has 17 heteroatoms. The van der Waals surface area contributed by atoms with Gasteiger partial charge in [-0.1, -0.05) is 201 Å². The quantitative estimate of drug-likeness (QED) is 0.0291. The number of phosphoric acid groups is 1. The first kappa shape index (κ1) is 58.0. The van der Waals surface area contributed by atoms with Gasteiger partial charge in [-0.15, -0.1) is 0 Å². The second kappa shape index (κ2) is 34.0. The number of benzene rings is 2. The Bertz CT molecular complexity index is 1570. The van der Waals surface area contributed by atoms with Gasteiger partial charge in [0, 0.05) is 12.8 Å². The minimum atomic E-state index is -4.74. The normalized spacial score (nSPS) is 19.2. The number of carbonyl (C=O) groups excluding carboxylic acids is 2. The van der Waals surface area contributed by atoms with E-state index in [-0.39, 0.29) is 30.5 Å². The van der Waals surface area contributed by atoms with E-state index in [1.165, 1.54) is 101 Å². The van der Waals surface area contributed by atoms with E-state index in [1.807, 2.05) is 0 Å². The number of carbonyl (C=O) groups is 2. The molecule has 1 saturated heterocycles. The van der Waals surface area contributed by atoms with Crippen LogP contribution in [0.25, 0.3) is 0 Å². The molecule has 3 rings (SSSR count). The largest absolute Gasteiger partial charge is 0.588 e. The second-order valence-corrected chi connectivity index (χ2v) is 21.0. The van der Waals surface area contributed by atoms with Crippen molar-refractivity contribution in [3.8, 4) is 11.5 Å². The maximum atomic E-state index is 14.9. The zero-order valence-corrected chi connectivity index (χ0v) is 42.3. The molecule has 1 fully saturated rings. The number of aliphatic hydroxyl groups excluding tert-OH is 1. The molecule has 0 aromatic heterocycles. The fraction of sp³-hybridized carbons (Fsp3) is 0.714. The maximum Gasteiger partial charge on any atom is 0.588 e. The van der Waals surface area contributed by atoms with Crippen molar-refractivity contribution in [3.05, 3.63) is 60.7 Å². The highest BCUT2D eigenvalue weighted by Gasteiger charge is 2.52. The zero-order valence-electron chi connectivity index (χ0n) is 39.1. The van der Waals surface area contributed by atoms with Gasteiger partial charge in [0.2, 0.25) is 3.79 Å². The zero-order chi connectivity index (χ0) is 47.9. The van der Waals surface area contributed by atoms with E-state index in [0.29, 0.717) is 12.8 Å². The Kier molecular flexibility index (Phi) is 29.9. The number of amides is 1. The number of ether oxygens (including phenoxy) is 4. The monoisotopic (exact) mass is 1010 g/mol. The summed E-state index contributed by atoms with van der Waals surface area (Å²) in [4.78, 5) is 26.3. The minimum absolute atomic E-state index is 0.113. The van der Waals surface area contributed by atoms with Crippen LogP contribution in [-0.4, -0.2) is 77.6 Å². The van der Waals surface area contributed by atoms with Gasteiger partial charge in [0.05, 0.1) is 6.61 Å². The van der Waals surface area contributed by atoms with E-state index in [0.717, 1.165) is 51.4 Å². The van der Waals surface area contributed by atoms with Crippen molar-refractivity contribution in [1.82, 2.24) is 5.32 Å². The molecule has 1 aliphatic rings. The first-order chi connectivity index (χ1) is 31.9. The Labute approximate surface area is 408 Å². The molecule has 2 aromatic carbocycles. The molecule has 0 unspecified atom stereocenters. The predicted molar refractivity (Wildman–Crippen MR) is 259 cm³/mol. The van der Waals surface area contributed by atoms with Gasteiger partial charge in [-0.25, -0.2) is 13.8 Å². The van der Waals surface area contributed by atoms with Gasteiger partial charge in [0.15, 0.2) is 6.29 Å². The highest BCUT2D eigenvalue weighted by molar-refractivity contribution is 7.49. The summed E-state index contributed by atoms with van der Waals surface area (Å²) in [5, 5.41) is 13.7. The third-order valence-electron chi connectivity index (χ3n) is 11.3. The summed E-state index contributed by atoms with van der Waals surface area (Å²) in [7, 11) is -4.74. The number of para-hydroxylation sites is 2. The summed E-state index contributed by atoms with van der Waals surface area (Å²) in [6, 6.07) is 14.7. The van der Waals surface area contributed by atoms with Crippen LogP contribution in [0.15, 0.2) is 60.7 Å². The number of alkyl carbamates (subject to hydrolysis) is 1. The highest BCUT2D eigenvalue weighted by Crippen LogP contribution is 2.52. The lowest BCUT2D eigenvalue weighted by Crippen LogP contribution is -2.65. The molecule has 0 aliphatic carbocycles. The molecule has 0 bridgehead atoms. The van der Waals surface area contributed by atoms with Gasteiger partial charge < -0.3 is 38.4 Å². The maximum absolute atomic E-state index is 14.9. The molecule has 1 heterocycles. The number of hydrogen-bond donors (Lipinski definition) is 2. The van der Waals surface area contributed by atoms with Gasteiger partial charge in [-0.05, 0) is 43.5 Å². The van der Waals surface area contributed by atoms with E-state index < -0.39 is 67.7 Å². The lowest BCUT2D eigenvalue weighted by atomic mass is 9.97. The minimum Gasteiger partial charge on any atom is -0.462 e. The van der Waals surface area contributed by atoms with Crippen LogP contribution < -0.4 is 14.4 Å². The standard InChI is InChI=1S/C49H76Cl3FNO11P/c1-3-5-7-9-11-13-14-16-18-20-28-34-43(55)61-39(29-23-19-17-15-12-10-8-6-4-2)35-36-59-46-44(54-48(57)60-38-49(50,51)52)47(56)62-42(37-53)45(46)65-66(58,63-40-30-24-21-25-31-40)64-41-32-26-22-27-33-41/h21-22,24-27,30-33,39,42,44-47,56H,3-20,23,28-29,34-38H2,1-2H3,(H,54,57)/t39-,42+,44-,45+,46+,47-/m0/s1. The van der Waals surface area contributed by atoms with Crippen molar-refractivity contribution in [1.29, 1.82) is 0 Å². The summed E-state index contributed by atoms with van der Waals surface area (Å²) in [6.07, 6.45) is 15.8. The van der Waals surface area contributed by atoms with E-state index in [4.69, 9.17) is 67.3 Å². The Morgan fingerprint density at radius 3 is 1.70 bits per heavy atom. The summed E-state index contributed by atoms with van der Waals surface area (Å²) >= 11 is 17.4. The number of halogens is 4. The van der Waals surface area contributed by atoms with Crippen LogP contribution in [-0.2, 0) is 32.8 Å². The number of esters is 1. The molecule has 2 aromatic rings. The van der Waals surface area contributed by atoms with E-state index >= 15 is 0 Å². The van der Waals surface area contributed by atoms with Gasteiger partial charge in [-0.3, -0.25) is 9.32 Å². The molecular formula is C49H76Cl3FNO11P. The highest BCUT2D eigenvalue weighted by atomic mass is 35.6. The second-order valence-electron chi connectivity index (χ2n) is 17.0. The first-order valence-electron chi connectivity index (χ1n) is 24.3. The molecule has 376 valence electrons. The molecule has 0 radical (unpaired) electrons. The smallest absolute Gasteiger partial charge is 0.462 e. The number of rotatable bonds is 36. The van der Waals surface area contributed by atoms with Crippen LogP contribution in [0, 0.1) is 0 Å². The topological polar surface area (TPSA) is 148 Å². The van der Waals surface area contributed by atoms with Crippen LogP contribution in [0.2, 0.25) is 0 Å². The van der Waals surface area contributed by atoms with Crippen LogP contribution in [0.1, 0.15) is 162 Å². The SMILES string of the molecule is CCCCCCCCCCCCCC(=O)O[C@@H](CCCCCCCCCCC)CCO[C@@H]1[C@H](NC(=O)OCC(Cl)(Cl)Cl)[C@@H](O)O[C@H](CF)[C@H]1OP(=O)(Oc1ccccc1)Oc1ccccc1. The summed E-state index contributed by atoms with van der Waals surface area (Å²) in [5.74, 6) is -0.0653. The van der Waals surface area contributed by atoms with E-state index in [1.54, 1.807) is 36.4 Å². The van der Waals surface area contributed by atoms with Crippen LogP contribution >= 0.6 is 42.6 Å². The van der Waals surface area contributed by atoms with Crippen molar-refractivity contribution in [2.45, 2.75) is 202 Å². The van der Waals surface area contributed by atoms with Crippen molar-refractivity contribution in [2.24, 2.45) is 0 Å². The molecule has 1 aliphatic heterocycles. The Morgan fingerprint density at radius 2 is 1.21 bits per heavy atom. The average molecular weight is 1010 g/mol. The van der Waals surface area contributed by atoms with Crippen LogP contribution in [0.5, 0.6) is 11.5 Å². The fourth-order valence-electron chi connectivity index (χ4n) is 7.74. The van der Waals surface area contributed by atoms with Gasteiger partial charge in [0.25, 0.3) is 0 Å². The van der Waals surface area contributed by atoms with E-state index in [9.17, 15) is 23.7 Å². The van der Waals surface area contributed by atoms with E-state index in [2.05, 4.69) is 19.2 Å². The molecule has 1 amide bonds. The van der Waals surface area contributed by atoms with Gasteiger partial charge >= 0.3 is 19.9 Å². The molecule has 2 N–H and O–H groups in total. The number of aliphatic hydroxyl groups is 1. The summed E-state index contributed by atoms with van der Waals surface area (Å²) < 4.78 is 68.5.